The quantitative estimate of drug-likeness (QED) is 0.822. The molecule has 1 aromatic rings. The summed E-state index contributed by atoms with van der Waals surface area (Å²) >= 11 is 0. The van der Waals surface area contributed by atoms with E-state index in [0.29, 0.717) is 0 Å². The zero-order valence-electron chi connectivity index (χ0n) is 13.0. The van der Waals surface area contributed by atoms with Gasteiger partial charge in [-0.15, -0.1) is 0 Å². The number of benzene rings is 1. The van der Waals surface area contributed by atoms with Gasteiger partial charge in [0.15, 0.2) is 18.7 Å². The first kappa shape index (κ1) is 16.4. The Kier molecular flexibility index (Phi) is 4.93. The molecule has 23 heavy (non-hydrogen) atoms. The molecule has 7 heteroatoms. The third-order valence-electron chi connectivity index (χ3n) is 3.92. The predicted molar refractivity (Wildman–Crippen MR) is 77.2 cm³/mol. The highest BCUT2D eigenvalue weighted by Crippen LogP contribution is 2.35. The Labute approximate surface area is 134 Å². The number of hydrogen-bond acceptors (Lipinski definition) is 7. The summed E-state index contributed by atoms with van der Waals surface area (Å²) in [6.45, 7) is 1.51. The Hall–Kier alpha value is -1.51. The van der Waals surface area contributed by atoms with E-state index >= 15 is 0 Å². The number of hydrogen-bond donors (Lipinski definition) is 1. The molecular weight excluding hydrogens is 304 g/mol. The van der Waals surface area contributed by atoms with Crippen LogP contribution in [-0.4, -0.2) is 55.5 Å². The highest BCUT2D eigenvalue weighted by molar-refractivity contribution is 5.66. The second-order valence-electron chi connectivity index (χ2n) is 5.52. The second kappa shape index (κ2) is 6.94. The molecule has 0 bridgehead atoms. The molecule has 2 saturated heterocycles. The van der Waals surface area contributed by atoms with Crippen molar-refractivity contribution in [2.24, 2.45) is 0 Å². The summed E-state index contributed by atoms with van der Waals surface area (Å²) in [5, 5.41) is 10.6. The average molecular weight is 324 g/mol. The van der Waals surface area contributed by atoms with Crippen LogP contribution in [0, 0.1) is 0 Å². The maximum absolute atomic E-state index is 11.3. The van der Waals surface area contributed by atoms with E-state index in [9.17, 15) is 9.90 Å². The lowest BCUT2D eigenvalue weighted by atomic mass is 9.97. The lowest BCUT2D eigenvalue weighted by Gasteiger charge is -2.46. The molecule has 0 saturated carbocycles. The van der Waals surface area contributed by atoms with E-state index in [4.69, 9.17) is 23.7 Å². The topological polar surface area (TPSA) is 83.5 Å². The normalized spacial score (nSPS) is 37.0. The fourth-order valence-corrected chi connectivity index (χ4v) is 2.85. The number of carbonyl (C=O) groups excluding carboxylic acids is 1. The first-order valence-electron chi connectivity index (χ1n) is 7.45. The van der Waals surface area contributed by atoms with Crippen molar-refractivity contribution in [2.45, 2.75) is 43.9 Å². The van der Waals surface area contributed by atoms with Gasteiger partial charge in [-0.2, -0.15) is 0 Å². The van der Waals surface area contributed by atoms with E-state index < -0.39 is 43.0 Å². The Balaban J connectivity index is 1.76. The molecule has 0 aromatic heterocycles. The minimum atomic E-state index is -1.07. The highest BCUT2D eigenvalue weighted by atomic mass is 16.8. The molecule has 7 nitrogen and oxygen atoms in total. The van der Waals surface area contributed by atoms with Crippen LogP contribution < -0.4 is 0 Å². The van der Waals surface area contributed by atoms with Crippen LogP contribution in [0.25, 0.3) is 0 Å². The molecule has 3 rings (SSSR count). The maximum Gasteiger partial charge on any atom is 0.303 e. The molecule has 1 N–H and O–H groups in total. The Morgan fingerprint density at radius 2 is 2.00 bits per heavy atom. The molecular formula is C16H20O7. The molecule has 1 aromatic carbocycles. The summed E-state index contributed by atoms with van der Waals surface area (Å²) in [4.78, 5) is 11.3. The van der Waals surface area contributed by atoms with Gasteiger partial charge >= 0.3 is 5.97 Å². The fourth-order valence-electron chi connectivity index (χ4n) is 2.85. The van der Waals surface area contributed by atoms with Crippen LogP contribution in [0.2, 0.25) is 0 Å². The molecule has 1 unspecified atom stereocenters. The van der Waals surface area contributed by atoms with Crippen molar-refractivity contribution in [2.75, 3.05) is 13.7 Å². The fraction of sp³-hybridized carbons (Fsp3) is 0.562. The first-order valence-corrected chi connectivity index (χ1v) is 7.45. The first-order chi connectivity index (χ1) is 11.1. The number of carbonyl (C=O) groups is 1. The van der Waals surface area contributed by atoms with Gasteiger partial charge in [0.05, 0.1) is 6.61 Å². The number of fused-ring (bicyclic) bond motifs is 1. The average Bonchev–Trinajstić information content (AvgIpc) is 2.57. The standard InChI is InChI=1S/C16H20O7/c1-9(17)21-14-12(18)13-11(22-16(14)19-2)8-20-15(23-13)10-6-4-3-5-7-10/h3-7,11-16,18H,8H2,1-2H3/t11-,12+,13-,14+,15?,16+/m1/s1. The van der Waals surface area contributed by atoms with Crippen molar-refractivity contribution >= 4 is 5.97 Å². The van der Waals surface area contributed by atoms with Crippen molar-refractivity contribution in [1.29, 1.82) is 0 Å². The Morgan fingerprint density at radius 1 is 1.26 bits per heavy atom. The Morgan fingerprint density at radius 3 is 2.65 bits per heavy atom. The van der Waals surface area contributed by atoms with Crippen molar-refractivity contribution in [3.63, 3.8) is 0 Å². The van der Waals surface area contributed by atoms with Crippen LogP contribution in [-0.2, 0) is 28.5 Å². The summed E-state index contributed by atoms with van der Waals surface area (Å²) in [5.41, 5.74) is 0.844. The lowest BCUT2D eigenvalue weighted by Crippen LogP contribution is -2.63. The van der Waals surface area contributed by atoms with E-state index in [1.165, 1.54) is 14.0 Å². The van der Waals surface area contributed by atoms with Crippen LogP contribution in [0.15, 0.2) is 30.3 Å². The summed E-state index contributed by atoms with van der Waals surface area (Å²) < 4.78 is 27.5. The smallest absolute Gasteiger partial charge is 0.303 e. The molecule has 2 fully saturated rings. The minimum Gasteiger partial charge on any atom is -0.454 e. The molecule has 2 heterocycles. The van der Waals surface area contributed by atoms with Crippen LogP contribution in [0.4, 0.5) is 0 Å². The van der Waals surface area contributed by atoms with Crippen molar-refractivity contribution in [3.05, 3.63) is 35.9 Å². The number of aliphatic hydroxyl groups excluding tert-OH is 1. The molecule has 2 aliphatic heterocycles. The minimum absolute atomic E-state index is 0.244. The van der Waals surface area contributed by atoms with Crippen LogP contribution >= 0.6 is 0 Å². The molecule has 126 valence electrons. The molecule has 0 aliphatic carbocycles. The highest BCUT2D eigenvalue weighted by Gasteiger charge is 2.51. The largest absolute Gasteiger partial charge is 0.454 e. The van der Waals surface area contributed by atoms with Gasteiger partial charge in [0.2, 0.25) is 0 Å². The van der Waals surface area contributed by atoms with E-state index in [1.807, 2.05) is 30.3 Å². The van der Waals surface area contributed by atoms with Crippen LogP contribution in [0.5, 0.6) is 0 Å². The summed E-state index contributed by atoms with van der Waals surface area (Å²) in [7, 11) is 1.42. The van der Waals surface area contributed by atoms with Gasteiger partial charge < -0.3 is 28.8 Å². The monoisotopic (exact) mass is 324 g/mol. The summed E-state index contributed by atoms with van der Waals surface area (Å²) in [5.74, 6) is -0.523. The van der Waals surface area contributed by atoms with E-state index in [1.54, 1.807) is 0 Å². The predicted octanol–water partition coefficient (Wildman–Crippen LogP) is 0.764. The summed E-state index contributed by atoms with van der Waals surface area (Å²) in [6, 6.07) is 9.41. The van der Waals surface area contributed by atoms with E-state index in [2.05, 4.69) is 0 Å². The van der Waals surface area contributed by atoms with E-state index in [0.717, 1.165) is 5.56 Å². The molecule has 0 amide bonds. The maximum atomic E-state index is 11.3. The second-order valence-corrected chi connectivity index (χ2v) is 5.52. The summed E-state index contributed by atoms with van der Waals surface area (Å²) in [6.07, 6.45) is -4.67. The number of esters is 1. The SMILES string of the molecule is CO[C@H]1O[C@@H]2COC(c3ccccc3)O[C@H]2[C@H](O)[C@@H]1OC(C)=O. The van der Waals surface area contributed by atoms with Crippen molar-refractivity contribution in [1.82, 2.24) is 0 Å². The van der Waals surface area contributed by atoms with Gasteiger partial charge in [0, 0.05) is 19.6 Å². The third kappa shape index (κ3) is 3.39. The number of methoxy groups -OCH3 is 1. The van der Waals surface area contributed by atoms with Crippen molar-refractivity contribution in [3.8, 4) is 0 Å². The number of ether oxygens (including phenoxy) is 5. The van der Waals surface area contributed by atoms with Gasteiger partial charge in [0.1, 0.15) is 18.3 Å². The van der Waals surface area contributed by atoms with Gasteiger partial charge in [0.25, 0.3) is 0 Å². The van der Waals surface area contributed by atoms with Crippen LogP contribution in [0.1, 0.15) is 18.8 Å². The zero-order valence-corrected chi connectivity index (χ0v) is 13.0. The third-order valence-corrected chi connectivity index (χ3v) is 3.92. The van der Waals surface area contributed by atoms with Crippen LogP contribution in [0.3, 0.4) is 0 Å². The van der Waals surface area contributed by atoms with Gasteiger partial charge in [-0.25, -0.2) is 0 Å². The molecule has 0 radical (unpaired) electrons. The van der Waals surface area contributed by atoms with Gasteiger partial charge in [-0.05, 0) is 0 Å². The number of rotatable bonds is 3. The lowest BCUT2D eigenvalue weighted by molar-refractivity contribution is -0.358. The molecule has 0 spiro atoms. The molecule has 6 atom stereocenters. The van der Waals surface area contributed by atoms with E-state index in [-0.39, 0.29) is 6.61 Å². The number of aliphatic hydroxyl groups is 1. The van der Waals surface area contributed by atoms with Gasteiger partial charge in [-0.3, -0.25) is 4.79 Å². The van der Waals surface area contributed by atoms with Crippen molar-refractivity contribution < 1.29 is 33.6 Å². The zero-order chi connectivity index (χ0) is 16.4. The Bertz CT molecular complexity index is 534. The molecule has 2 aliphatic rings. The van der Waals surface area contributed by atoms with Gasteiger partial charge in [-0.1, -0.05) is 30.3 Å².